The molecule has 0 radical (unpaired) electrons. The second-order valence-corrected chi connectivity index (χ2v) is 7.84. The molecule has 0 aliphatic heterocycles. The van der Waals surface area contributed by atoms with E-state index in [1.54, 1.807) is 0 Å². The molecule has 0 saturated carbocycles. The molecule has 4 aromatic rings. The highest BCUT2D eigenvalue weighted by atomic mass is 16.5. The third-order valence-electron chi connectivity index (χ3n) is 5.37. The number of hydrogen-bond donors (Lipinski definition) is 1. The van der Waals surface area contributed by atoms with Crippen LogP contribution in [0.4, 0.5) is 0 Å². The third-order valence-corrected chi connectivity index (χ3v) is 5.37. The van der Waals surface area contributed by atoms with Crippen LogP contribution in [0.15, 0.2) is 72.8 Å². The van der Waals surface area contributed by atoms with Crippen LogP contribution < -0.4 is 5.32 Å². The van der Waals surface area contributed by atoms with Gasteiger partial charge in [0.15, 0.2) is 0 Å². The Morgan fingerprint density at radius 3 is 2.07 bits per heavy atom. The fraction of sp³-hybridized carbons (Fsp3) is 0.222. The van der Waals surface area contributed by atoms with Crippen molar-refractivity contribution in [1.82, 2.24) is 5.32 Å². The lowest BCUT2D eigenvalue weighted by molar-refractivity contribution is 0.0500. The number of aryl methyl sites for hydroxylation is 2. The first-order valence-corrected chi connectivity index (χ1v) is 10.5. The zero-order valence-electron chi connectivity index (χ0n) is 17.6. The molecule has 0 aliphatic carbocycles. The molecule has 4 rings (SSSR count). The van der Waals surface area contributed by atoms with Gasteiger partial charge in [-0.2, -0.15) is 0 Å². The first-order valence-electron chi connectivity index (χ1n) is 10.5. The molecule has 4 aromatic carbocycles. The second-order valence-electron chi connectivity index (χ2n) is 7.84. The fourth-order valence-electron chi connectivity index (χ4n) is 4.05. The molecule has 3 nitrogen and oxygen atoms in total. The van der Waals surface area contributed by atoms with Crippen LogP contribution in [0, 0.1) is 13.8 Å². The van der Waals surface area contributed by atoms with Crippen LogP contribution >= 0.6 is 0 Å². The van der Waals surface area contributed by atoms with Gasteiger partial charge >= 0.3 is 5.97 Å². The van der Waals surface area contributed by atoms with Gasteiger partial charge in [0.1, 0.15) is 0 Å². The molecular weight excluding hydrogens is 370 g/mol. The number of carbonyl (C=O) groups is 1. The van der Waals surface area contributed by atoms with Crippen molar-refractivity contribution >= 4 is 27.5 Å². The van der Waals surface area contributed by atoms with Crippen molar-refractivity contribution in [1.29, 1.82) is 0 Å². The number of rotatable bonds is 7. The van der Waals surface area contributed by atoms with Crippen molar-refractivity contribution in [2.45, 2.75) is 26.8 Å². The van der Waals surface area contributed by atoms with E-state index < -0.39 is 0 Å². The van der Waals surface area contributed by atoms with Crippen molar-refractivity contribution in [2.75, 3.05) is 13.2 Å². The SMILES string of the molecule is Cc1cc(C)cc(C(=O)OCCCNCc2c3ccccc3cc3ccccc23)c1. The van der Waals surface area contributed by atoms with Crippen molar-refractivity contribution in [3.8, 4) is 0 Å². The Hall–Kier alpha value is -3.17. The van der Waals surface area contributed by atoms with E-state index in [1.807, 2.05) is 26.0 Å². The summed E-state index contributed by atoms with van der Waals surface area (Å²) >= 11 is 0. The molecule has 0 heterocycles. The van der Waals surface area contributed by atoms with Gasteiger partial charge in [-0.05, 0) is 72.1 Å². The molecule has 0 spiro atoms. The summed E-state index contributed by atoms with van der Waals surface area (Å²) in [4.78, 5) is 12.3. The van der Waals surface area contributed by atoms with Crippen molar-refractivity contribution in [2.24, 2.45) is 0 Å². The van der Waals surface area contributed by atoms with Crippen LogP contribution in [0.5, 0.6) is 0 Å². The molecule has 3 heteroatoms. The lowest BCUT2D eigenvalue weighted by Gasteiger charge is -2.13. The van der Waals surface area contributed by atoms with Gasteiger partial charge in [-0.1, -0.05) is 65.7 Å². The topological polar surface area (TPSA) is 38.3 Å². The van der Waals surface area contributed by atoms with Crippen LogP contribution in [0.1, 0.15) is 33.5 Å². The van der Waals surface area contributed by atoms with E-state index in [4.69, 9.17) is 4.74 Å². The summed E-state index contributed by atoms with van der Waals surface area (Å²) in [5.74, 6) is -0.248. The molecule has 0 aliphatic rings. The van der Waals surface area contributed by atoms with Gasteiger partial charge in [-0.15, -0.1) is 0 Å². The molecule has 0 unspecified atom stereocenters. The van der Waals surface area contributed by atoms with Crippen LogP contribution in [0.2, 0.25) is 0 Å². The van der Waals surface area contributed by atoms with Gasteiger partial charge in [-0.3, -0.25) is 0 Å². The summed E-state index contributed by atoms with van der Waals surface area (Å²) in [5.41, 5.74) is 4.09. The monoisotopic (exact) mass is 397 g/mol. The minimum absolute atomic E-state index is 0.248. The maximum Gasteiger partial charge on any atom is 0.338 e. The van der Waals surface area contributed by atoms with E-state index in [0.717, 1.165) is 30.6 Å². The number of esters is 1. The maximum atomic E-state index is 12.3. The molecule has 0 atom stereocenters. The maximum absolute atomic E-state index is 12.3. The average Bonchev–Trinajstić information content (AvgIpc) is 2.74. The van der Waals surface area contributed by atoms with Crippen LogP contribution in [0.3, 0.4) is 0 Å². The normalized spacial score (nSPS) is 11.1. The molecule has 152 valence electrons. The summed E-state index contributed by atoms with van der Waals surface area (Å²) in [5, 5.41) is 8.61. The summed E-state index contributed by atoms with van der Waals surface area (Å²) in [6.45, 7) is 5.97. The minimum atomic E-state index is -0.248. The Labute approximate surface area is 177 Å². The number of fused-ring (bicyclic) bond motifs is 2. The van der Waals surface area contributed by atoms with Crippen LogP contribution in [-0.2, 0) is 11.3 Å². The molecule has 0 aromatic heterocycles. The summed E-state index contributed by atoms with van der Waals surface area (Å²) < 4.78 is 5.45. The largest absolute Gasteiger partial charge is 0.462 e. The van der Waals surface area contributed by atoms with Gasteiger partial charge in [0, 0.05) is 6.54 Å². The zero-order valence-corrected chi connectivity index (χ0v) is 17.6. The van der Waals surface area contributed by atoms with E-state index >= 15 is 0 Å². The second kappa shape index (κ2) is 9.10. The third kappa shape index (κ3) is 4.52. The number of benzene rings is 4. The highest BCUT2D eigenvalue weighted by Crippen LogP contribution is 2.28. The molecule has 0 bridgehead atoms. The highest BCUT2D eigenvalue weighted by Gasteiger charge is 2.09. The van der Waals surface area contributed by atoms with Gasteiger partial charge < -0.3 is 10.1 Å². The summed E-state index contributed by atoms with van der Waals surface area (Å²) in [7, 11) is 0. The highest BCUT2D eigenvalue weighted by molar-refractivity contribution is 6.02. The zero-order chi connectivity index (χ0) is 20.9. The molecule has 0 amide bonds. The first kappa shape index (κ1) is 20.1. The number of hydrogen-bond acceptors (Lipinski definition) is 3. The summed E-state index contributed by atoms with van der Waals surface area (Å²) in [6.07, 6.45) is 0.777. The van der Waals surface area contributed by atoms with Crippen molar-refractivity contribution in [3.63, 3.8) is 0 Å². The summed E-state index contributed by atoms with van der Waals surface area (Å²) in [6, 6.07) is 25.1. The Morgan fingerprint density at radius 1 is 0.833 bits per heavy atom. The lowest BCUT2D eigenvalue weighted by Crippen LogP contribution is -2.18. The number of carbonyl (C=O) groups excluding carboxylic acids is 1. The van der Waals surface area contributed by atoms with Gasteiger partial charge in [0.05, 0.1) is 12.2 Å². The molecule has 0 fully saturated rings. The smallest absolute Gasteiger partial charge is 0.338 e. The fourth-order valence-corrected chi connectivity index (χ4v) is 4.05. The van der Waals surface area contributed by atoms with E-state index in [2.05, 4.69) is 66.0 Å². The molecule has 0 saturated heterocycles. The molecular formula is C27H27NO2. The van der Waals surface area contributed by atoms with E-state index in [0.29, 0.717) is 12.2 Å². The van der Waals surface area contributed by atoms with Gasteiger partial charge in [-0.25, -0.2) is 4.79 Å². The number of nitrogens with one attached hydrogen (secondary N) is 1. The van der Waals surface area contributed by atoms with Gasteiger partial charge in [0.25, 0.3) is 0 Å². The van der Waals surface area contributed by atoms with E-state index in [1.165, 1.54) is 27.1 Å². The molecule has 1 N–H and O–H groups in total. The quantitative estimate of drug-likeness (QED) is 0.238. The average molecular weight is 398 g/mol. The van der Waals surface area contributed by atoms with Crippen molar-refractivity contribution < 1.29 is 9.53 Å². The predicted octanol–water partition coefficient (Wildman–Crippen LogP) is 5.95. The van der Waals surface area contributed by atoms with Gasteiger partial charge in [0.2, 0.25) is 0 Å². The predicted molar refractivity (Wildman–Crippen MR) is 124 cm³/mol. The van der Waals surface area contributed by atoms with E-state index in [9.17, 15) is 4.79 Å². The van der Waals surface area contributed by atoms with Crippen LogP contribution in [-0.4, -0.2) is 19.1 Å². The lowest BCUT2D eigenvalue weighted by atomic mass is 9.97. The Kier molecular flexibility index (Phi) is 6.10. The minimum Gasteiger partial charge on any atom is -0.462 e. The van der Waals surface area contributed by atoms with Crippen molar-refractivity contribution in [3.05, 3.63) is 95.1 Å². The standard InChI is InChI=1S/C27H27NO2/c1-19-14-20(2)16-23(15-19)27(29)30-13-7-12-28-18-26-24-10-5-3-8-21(24)17-22-9-4-6-11-25(22)26/h3-6,8-11,14-17,28H,7,12-13,18H2,1-2H3. The Balaban J connectivity index is 1.34. The number of ether oxygens (including phenoxy) is 1. The Bertz CT molecular complexity index is 1120. The molecule has 30 heavy (non-hydrogen) atoms. The van der Waals surface area contributed by atoms with Crippen LogP contribution in [0.25, 0.3) is 21.5 Å². The Morgan fingerprint density at radius 2 is 1.43 bits per heavy atom. The van der Waals surface area contributed by atoms with E-state index in [-0.39, 0.29) is 5.97 Å². The first-order chi connectivity index (χ1) is 14.6.